The Morgan fingerprint density at radius 1 is 1.58 bits per heavy atom. The quantitative estimate of drug-likeness (QED) is 0.621. The van der Waals surface area contributed by atoms with Crippen LogP contribution >= 0.6 is 0 Å². The predicted molar refractivity (Wildman–Crippen MR) is 52.6 cm³/mol. The lowest BCUT2D eigenvalue weighted by atomic mass is 10.1. The van der Waals surface area contributed by atoms with E-state index in [0.717, 1.165) is 12.1 Å². The summed E-state index contributed by atoms with van der Waals surface area (Å²) in [5.41, 5.74) is 1.04. The second-order valence-electron chi connectivity index (χ2n) is 3.09. The standard InChI is InChI=1S/C8H17NO2S/c1-7(2)5-8(3)9-6-12(10)11-4/h7H,5-6H2,1-4H3. The van der Waals surface area contributed by atoms with Gasteiger partial charge in [-0.25, -0.2) is 4.21 Å². The summed E-state index contributed by atoms with van der Waals surface area (Å²) in [6.07, 6.45) is 0.959. The number of aliphatic imine (C=N–C) groups is 1. The van der Waals surface area contributed by atoms with Gasteiger partial charge in [0.1, 0.15) is 5.88 Å². The summed E-state index contributed by atoms with van der Waals surface area (Å²) >= 11 is -1.25. The molecule has 0 saturated heterocycles. The van der Waals surface area contributed by atoms with Crippen molar-refractivity contribution < 1.29 is 8.39 Å². The van der Waals surface area contributed by atoms with Crippen LogP contribution in [0.3, 0.4) is 0 Å². The summed E-state index contributed by atoms with van der Waals surface area (Å²) < 4.78 is 15.4. The summed E-state index contributed by atoms with van der Waals surface area (Å²) in [6, 6.07) is 0. The van der Waals surface area contributed by atoms with Crippen molar-refractivity contribution in [2.75, 3.05) is 13.0 Å². The third-order valence-corrected chi connectivity index (χ3v) is 2.04. The normalized spacial score (nSPS) is 15.2. The van der Waals surface area contributed by atoms with Crippen molar-refractivity contribution in [3.8, 4) is 0 Å². The molecule has 0 heterocycles. The Labute approximate surface area is 76.9 Å². The molecule has 3 nitrogen and oxygen atoms in total. The van der Waals surface area contributed by atoms with E-state index >= 15 is 0 Å². The Balaban J connectivity index is 3.76. The van der Waals surface area contributed by atoms with Gasteiger partial charge in [0.25, 0.3) is 0 Å². The molecular formula is C8H17NO2S. The minimum Gasteiger partial charge on any atom is -0.292 e. The van der Waals surface area contributed by atoms with E-state index in [4.69, 9.17) is 0 Å². The number of hydrogen-bond donors (Lipinski definition) is 0. The van der Waals surface area contributed by atoms with Crippen molar-refractivity contribution in [1.82, 2.24) is 0 Å². The van der Waals surface area contributed by atoms with Gasteiger partial charge in [-0.1, -0.05) is 13.8 Å². The van der Waals surface area contributed by atoms with Gasteiger partial charge in [0.05, 0.1) is 7.11 Å². The fraction of sp³-hybridized carbons (Fsp3) is 0.875. The Morgan fingerprint density at radius 2 is 2.17 bits per heavy atom. The number of hydrogen-bond acceptors (Lipinski definition) is 3. The van der Waals surface area contributed by atoms with E-state index in [9.17, 15) is 4.21 Å². The molecular weight excluding hydrogens is 174 g/mol. The van der Waals surface area contributed by atoms with Gasteiger partial charge in [-0.3, -0.25) is 9.18 Å². The van der Waals surface area contributed by atoms with E-state index < -0.39 is 11.1 Å². The van der Waals surface area contributed by atoms with Crippen LogP contribution in [0.2, 0.25) is 0 Å². The fourth-order valence-electron chi connectivity index (χ4n) is 0.871. The third kappa shape index (κ3) is 6.49. The molecule has 0 radical (unpaired) electrons. The van der Waals surface area contributed by atoms with Gasteiger partial charge in [-0.05, 0) is 19.3 Å². The molecule has 72 valence electrons. The smallest absolute Gasteiger partial charge is 0.177 e. The lowest BCUT2D eigenvalue weighted by molar-refractivity contribution is 0.446. The maximum Gasteiger partial charge on any atom is 0.177 e. The molecule has 12 heavy (non-hydrogen) atoms. The Bertz CT molecular complexity index is 178. The van der Waals surface area contributed by atoms with Crippen molar-refractivity contribution in [3.05, 3.63) is 0 Å². The molecule has 0 aromatic rings. The van der Waals surface area contributed by atoms with Crippen LogP contribution in [0.25, 0.3) is 0 Å². The topological polar surface area (TPSA) is 38.7 Å². The van der Waals surface area contributed by atoms with Gasteiger partial charge in [0, 0.05) is 5.71 Å². The highest BCUT2D eigenvalue weighted by molar-refractivity contribution is 7.80. The van der Waals surface area contributed by atoms with Gasteiger partial charge in [-0.2, -0.15) is 0 Å². The summed E-state index contributed by atoms with van der Waals surface area (Å²) in [5.74, 6) is 0.861. The van der Waals surface area contributed by atoms with Crippen molar-refractivity contribution in [2.24, 2.45) is 10.9 Å². The highest BCUT2D eigenvalue weighted by Crippen LogP contribution is 2.01. The first-order chi connectivity index (χ1) is 5.56. The first-order valence-corrected chi connectivity index (χ1v) is 5.23. The van der Waals surface area contributed by atoms with Crippen LogP contribution in [0.4, 0.5) is 0 Å². The lowest BCUT2D eigenvalue weighted by Gasteiger charge is -2.03. The summed E-state index contributed by atoms with van der Waals surface area (Å²) in [7, 11) is 1.42. The molecule has 0 bridgehead atoms. The molecule has 0 aromatic heterocycles. The van der Waals surface area contributed by atoms with Crippen LogP contribution < -0.4 is 0 Å². The van der Waals surface area contributed by atoms with Gasteiger partial charge >= 0.3 is 0 Å². The largest absolute Gasteiger partial charge is 0.292 e. The highest BCUT2D eigenvalue weighted by Gasteiger charge is 1.98. The third-order valence-electron chi connectivity index (χ3n) is 1.33. The minimum absolute atomic E-state index is 0.259. The monoisotopic (exact) mass is 191 g/mol. The van der Waals surface area contributed by atoms with Gasteiger partial charge in [0.2, 0.25) is 0 Å². The molecule has 4 heteroatoms. The second-order valence-corrected chi connectivity index (χ2v) is 4.29. The maximum absolute atomic E-state index is 10.8. The molecule has 0 aliphatic rings. The highest BCUT2D eigenvalue weighted by atomic mass is 32.2. The molecule has 0 spiro atoms. The van der Waals surface area contributed by atoms with Crippen LogP contribution in [0, 0.1) is 5.92 Å². The van der Waals surface area contributed by atoms with E-state index in [1.807, 2.05) is 6.92 Å². The zero-order valence-electron chi connectivity index (χ0n) is 8.16. The minimum atomic E-state index is -1.25. The summed E-state index contributed by atoms with van der Waals surface area (Å²) in [4.78, 5) is 4.13. The average molecular weight is 191 g/mol. The van der Waals surface area contributed by atoms with Crippen LogP contribution in [0.15, 0.2) is 4.99 Å². The maximum atomic E-state index is 10.8. The molecule has 1 atom stereocenters. The predicted octanol–water partition coefficient (Wildman–Crippen LogP) is 1.76. The molecule has 0 aliphatic heterocycles. The van der Waals surface area contributed by atoms with E-state index in [1.54, 1.807) is 0 Å². The molecule has 0 N–H and O–H groups in total. The van der Waals surface area contributed by atoms with Crippen LogP contribution in [0.5, 0.6) is 0 Å². The summed E-state index contributed by atoms with van der Waals surface area (Å²) in [5, 5.41) is 0. The molecule has 0 aromatic carbocycles. The number of rotatable bonds is 5. The first-order valence-electron chi connectivity index (χ1n) is 3.99. The zero-order valence-corrected chi connectivity index (χ0v) is 8.98. The van der Waals surface area contributed by atoms with Crippen molar-refractivity contribution in [1.29, 1.82) is 0 Å². The first kappa shape index (κ1) is 11.8. The molecule has 0 amide bonds. The molecule has 0 saturated carbocycles. The van der Waals surface area contributed by atoms with Crippen molar-refractivity contribution in [2.45, 2.75) is 27.2 Å². The van der Waals surface area contributed by atoms with Crippen LogP contribution in [0.1, 0.15) is 27.2 Å². The van der Waals surface area contributed by atoms with E-state index in [2.05, 4.69) is 23.0 Å². The van der Waals surface area contributed by atoms with Gasteiger partial charge < -0.3 is 0 Å². The van der Waals surface area contributed by atoms with E-state index in [0.29, 0.717) is 5.92 Å². The lowest BCUT2D eigenvalue weighted by Crippen LogP contribution is -2.02. The van der Waals surface area contributed by atoms with Crippen molar-refractivity contribution in [3.63, 3.8) is 0 Å². The SMILES string of the molecule is COS(=O)CN=C(C)CC(C)C. The molecule has 0 aliphatic carbocycles. The van der Waals surface area contributed by atoms with Crippen molar-refractivity contribution >= 4 is 16.8 Å². The second kappa shape index (κ2) is 6.31. The van der Waals surface area contributed by atoms with Crippen LogP contribution in [-0.2, 0) is 15.3 Å². The van der Waals surface area contributed by atoms with E-state index in [-0.39, 0.29) is 5.88 Å². The van der Waals surface area contributed by atoms with Gasteiger partial charge in [-0.15, -0.1) is 0 Å². The van der Waals surface area contributed by atoms with Crippen LogP contribution in [-0.4, -0.2) is 22.9 Å². The Hall–Kier alpha value is -0.220. The fourth-order valence-corrected chi connectivity index (χ4v) is 1.30. The van der Waals surface area contributed by atoms with Gasteiger partial charge in [0.15, 0.2) is 11.1 Å². The molecule has 1 unspecified atom stereocenters. The zero-order chi connectivity index (χ0) is 9.56. The molecule has 0 rings (SSSR count). The summed E-state index contributed by atoms with van der Waals surface area (Å²) in [6.45, 7) is 6.21. The van der Waals surface area contributed by atoms with E-state index in [1.165, 1.54) is 7.11 Å². The number of nitrogens with zero attached hydrogens (tertiary/aromatic N) is 1. The Morgan fingerprint density at radius 3 is 2.58 bits per heavy atom. The molecule has 0 fully saturated rings. The average Bonchev–Trinajstić information content (AvgIpc) is 1.99. The Kier molecular flexibility index (Phi) is 6.20.